The molecule has 0 fully saturated rings. The van der Waals surface area contributed by atoms with Crippen LogP contribution in [0.3, 0.4) is 0 Å². The van der Waals surface area contributed by atoms with Gasteiger partial charge in [-0.2, -0.15) is 0 Å². The molecule has 1 aromatic rings. The van der Waals surface area contributed by atoms with Crippen LogP contribution in [0.1, 0.15) is 18.7 Å². The average Bonchev–Trinajstić information content (AvgIpc) is 2.53. The highest BCUT2D eigenvalue weighted by Gasteiger charge is 2.11. The van der Waals surface area contributed by atoms with Gasteiger partial charge >= 0.3 is 0 Å². The number of nitrogens with two attached hydrogens (primary N) is 1. The fraction of sp³-hybridized carbons (Fsp3) is 0.500. The topological polar surface area (TPSA) is 55.9 Å². The molecule has 0 aliphatic carbocycles. The van der Waals surface area contributed by atoms with Crippen LogP contribution in [-0.4, -0.2) is 22.6 Å². The second-order valence-electron chi connectivity index (χ2n) is 3.56. The molecule has 1 unspecified atom stereocenters. The summed E-state index contributed by atoms with van der Waals surface area (Å²) in [7, 11) is 1.97. The highest BCUT2D eigenvalue weighted by molar-refractivity contribution is 5.06. The minimum atomic E-state index is 0.152. The summed E-state index contributed by atoms with van der Waals surface area (Å²) >= 11 is 0. The number of imidazole rings is 1. The lowest BCUT2D eigenvalue weighted by Crippen LogP contribution is -2.30. The maximum atomic E-state index is 5.69. The molecule has 0 amide bonds. The van der Waals surface area contributed by atoms with Crippen molar-refractivity contribution in [3.05, 3.63) is 30.4 Å². The molecular weight excluding hydrogens is 176 g/mol. The van der Waals surface area contributed by atoms with E-state index in [9.17, 15) is 0 Å². The molecule has 0 saturated heterocycles. The van der Waals surface area contributed by atoms with Crippen LogP contribution in [0.2, 0.25) is 0 Å². The molecule has 0 radical (unpaired) electrons. The van der Waals surface area contributed by atoms with Gasteiger partial charge in [0.25, 0.3) is 0 Å². The number of hydrogen-bond acceptors (Lipinski definition) is 3. The highest BCUT2D eigenvalue weighted by Crippen LogP contribution is 2.09. The van der Waals surface area contributed by atoms with Gasteiger partial charge in [-0.3, -0.25) is 0 Å². The molecule has 3 N–H and O–H groups in total. The van der Waals surface area contributed by atoms with E-state index in [2.05, 4.69) is 16.9 Å². The van der Waals surface area contributed by atoms with E-state index in [1.165, 1.54) is 0 Å². The Morgan fingerprint density at radius 1 is 1.79 bits per heavy atom. The molecule has 0 spiro atoms. The second-order valence-corrected chi connectivity index (χ2v) is 3.56. The lowest BCUT2D eigenvalue weighted by atomic mass is 10.2. The molecule has 0 aliphatic heterocycles. The normalized spacial score (nSPS) is 12.8. The van der Waals surface area contributed by atoms with Crippen molar-refractivity contribution in [3.8, 4) is 0 Å². The number of rotatable bonds is 5. The molecule has 14 heavy (non-hydrogen) atoms. The Labute approximate surface area is 84.8 Å². The van der Waals surface area contributed by atoms with Crippen molar-refractivity contribution in [1.82, 2.24) is 14.9 Å². The van der Waals surface area contributed by atoms with E-state index < -0.39 is 0 Å². The van der Waals surface area contributed by atoms with Crippen LogP contribution in [0.4, 0.5) is 0 Å². The Hall–Kier alpha value is -1.13. The fourth-order valence-electron chi connectivity index (χ4n) is 1.31. The van der Waals surface area contributed by atoms with Gasteiger partial charge in [0.05, 0.1) is 18.1 Å². The van der Waals surface area contributed by atoms with Gasteiger partial charge in [-0.25, -0.2) is 4.98 Å². The molecule has 4 heteroatoms. The quantitative estimate of drug-likeness (QED) is 0.674. The van der Waals surface area contributed by atoms with E-state index in [0.717, 1.165) is 17.8 Å². The summed E-state index contributed by atoms with van der Waals surface area (Å²) in [6.45, 7) is 7.18. The summed E-state index contributed by atoms with van der Waals surface area (Å²) in [5.74, 6) is 0. The van der Waals surface area contributed by atoms with E-state index in [1.54, 1.807) is 6.33 Å². The summed E-state index contributed by atoms with van der Waals surface area (Å²) in [5, 5.41) is 3.33. The number of hydrogen-bond donors (Lipinski definition) is 2. The molecule has 1 rings (SSSR count). The lowest BCUT2D eigenvalue weighted by Gasteiger charge is -2.17. The highest BCUT2D eigenvalue weighted by atomic mass is 15.1. The molecule has 0 aromatic carbocycles. The Morgan fingerprint density at radius 3 is 2.93 bits per heavy atom. The van der Waals surface area contributed by atoms with E-state index >= 15 is 0 Å². The van der Waals surface area contributed by atoms with Gasteiger partial charge in [-0.15, -0.1) is 0 Å². The zero-order valence-corrected chi connectivity index (χ0v) is 8.83. The summed E-state index contributed by atoms with van der Waals surface area (Å²) in [6.07, 6.45) is 3.61. The second kappa shape index (κ2) is 4.93. The maximum Gasteiger partial charge on any atom is 0.0946 e. The molecule has 0 saturated carbocycles. The minimum absolute atomic E-state index is 0.152. The first-order chi connectivity index (χ1) is 6.65. The third-order valence-corrected chi connectivity index (χ3v) is 2.10. The van der Waals surface area contributed by atoms with Gasteiger partial charge in [0.2, 0.25) is 0 Å². The van der Waals surface area contributed by atoms with Crippen LogP contribution in [0.15, 0.2) is 24.7 Å². The number of nitrogens with one attached hydrogen (secondary N) is 1. The molecule has 4 nitrogen and oxygen atoms in total. The van der Waals surface area contributed by atoms with Gasteiger partial charge in [-0.1, -0.05) is 12.2 Å². The van der Waals surface area contributed by atoms with E-state index in [1.807, 2.05) is 24.7 Å². The number of nitrogens with zero attached hydrogens (tertiary/aromatic N) is 2. The third kappa shape index (κ3) is 2.68. The Morgan fingerprint density at radius 2 is 2.50 bits per heavy atom. The predicted molar refractivity (Wildman–Crippen MR) is 57.8 cm³/mol. The average molecular weight is 194 g/mol. The van der Waals surface area contributed by atoms with E-state index in [0.29, 0.717) is 6.54 Å². The van der Waals surface area contributed by atoms with Gasteiger partial charge in [0.15, 0.2) is 0 Å². The van der Waals surface area contributed by atoms with Crippen LogP contribution in [-0.2, 0) is 7.05 Å². The Bertz CT molecular complexity index is 303. The molecule has 0 bridgehead atoms. The predicted octanol–water partition coefficient (Wildman–Crippen LogP) is 0.586. The van der Waals surface area contributed by atoms with Gasteiger partial charge in [0, 0.05) is 26.3 Å². The van der Waals surface area contributed by atoms with E-state index in [4.69, 9.17) is 5.73 Å². The van der Waals surface area contributed by atoms with Crippen LogP contribution >= 0.6 is 0 Å². The van der Waals surface area contributed by atoms with Gasteiger partial charge in [-0.05, 0) is 6.92 Å². The van der Waals surface area contributed by atoms with Crippen molar-refractivity contribution in [2.75, 3.05) is 13.1 Å². The molecule has 1 heterocycles. The van der Waals surface area contributed by atoms with Crippen molar-refractivity contribution >= 4 is 0 Å². The summed E-state index contributed by atoms with van der Waals surface area (Å²) in [5.41, 5.74) is 7.89. The zero-order valence-electron chi connectivity index (χ0n) is 8.83. The Balaban J connectivity index is 2.63. The summed E-state index contributed by atoms with van der Waals surface area (Å²) < 4.78 is 1.98. The molecule has 1 atom stereocenters. The molecular formula is C10H18N4. The monoisotopic (exact) mass is 194 g/mol. The van der Waals surface area contributed by atoms with Crippen molar-refractivity contribution in [2.45, 2.75) is 13.0 Å². The standard InChI is InChI=1S/C10H18N4/c1-8(2)5-13-9(4-11)10-6-12-7-14(10)3/h6-7,9,13H,1,4-5,11H2,2-3H3. The van der Waals surface area contributed by atoms with Gasteiger partial charge < -0.3 is 15.6 Å². The first kappa shape index (κ1) is 10.9. The van der Waals surface area contributed by atoms with Crippen LogP contribution in [0.25, 0.3) is 0 Å². The zero-order chi connectivity index (χ0) is 10.6. The number of aromatic nitrogens is 2. The smallest absolute Gasteiger partial charge is 0.0946 e. The van der Waals surface area contributed by atoms with Crippen LogP contribution < -0.4 is 11.1 Å². The maximum absolute atomic E-state index is 5.69. The molecule has 0 aliphatic rings. The van der Waals surface area contributed by atoms with Crippen molar-refractivity contribution < 1.29 is 0 Å². The van der Waals surface area contributed by atoms with Crippen molar-refractivity contribution in [3.63, 3.8) is 0 Å². The van der Waals surface area contributed by atoms with E-state index in [-0.39, 0.29) is 6.04 Å². The molecule has 1 aromatic heterocycles. The largest absolute Gasteiger partial charge is 0.336 e. The minimum Gasteiger partial charge on any atom is -0.336 e. The van der Waals surface area contributed by atoms with Gasteiger partial charge in [0.1, 0.15) is 0 Å². The third-order valence-electron chi connectivity index (χ3n) is 2.10. The summed E-state index contributed by atoms with van der Waals surface area (Å²) in [4.78, 5) is 4.06. The van der Waals surface area contributed by atoms with Crippen molar-refractivity contribution in [1.29, 1.82) is 0 Å². The molecule has 78 valence electrons. The van der Waals surface area contributed by atoms with Crippen LogP contribution in [0, 0.1) is 0 Å². The Kier molecular flexibility index (Phi) is 3.85. The van der Waals surface area contributed by atoms with Crippen molar-refractivity contribution in [2.24, 2.45) is 12.8 Å². The first-order valence-corrected chi connectivity index (χ1v) is 4.69. The summed E-state index contributed by atoms with van der Waals surface area (Å²) in [6, 6.07) is 0.152. The van der Waals surface area contributed by atoms with Crippen LogP contribution in [0.5, 0.6) is 0 Å². The number of aryl methyl sites for hydroxylation is 1. The lowest BCUT2D eigenvalue weighted by molar-refractivity contribution is 0.538. The fourth-order valence-corrected chi connectivity index (χ4v) is 1.31. The SMILES string of the molecule is C=C(C)CNC(CN)c1cncn1C. The first-order valence-electron chi connectivity index (χ1n) is 4.69.